The smallest absolute Gasteiger partial charge is 0.459 e. The highest BCUT2D eigenvalue weighted by atomic mass is 35.5. The van der Waals surface area contributed by atoms with E-state index in [-0.39, 0.29) is 18.0 Å². The van der Waals surface area contributed by atoms with Gasteiger partial charge < -0.3 is 24.0 Å². The number of fused-ring (bicyclic) bond motifs is 1. The molecular weight excluding hydrogens is 582 g/mol. The minimum atomic E-state index is -4.34. The van der Waals surface area contributed by atoms with Gasteiger partial charge in [0.05, 0.1) is 25.4 Å². The summed E-state index contributed by atoms with van der Waals surface area (Å²) in [5.41, 5.74) is -1.17. The van der Waals surface area contributed by atoms with E-state index in [0.29, 0.717) is 17.2 Å². The van der Waals surface area contributed by atoms with Crippen molar-refractivity contribution in [3.8, 4) is 5.75 Å². The number of benzene rings is 1. The van der Waals surface area contributed by atoms with E-state index in [1.807, 2.05) is 0 Å². The van der Waals surface area contributed by atoms with Gasteiger partial charge in [-0.2, -0.15) is 5.09 Å². The van der Waals surface area contributed by atoms with Crippen LogP contribution in [0.4, 0.5) is 10.2 Å². The lowest BCUT2D eigenvalue weighted by atomic mass is 9.99. The number of hydrogen-bond acceptors (Lipinski definition) is 11. The van der Waals surface area contributed by atoms with Crippen LogP contribution in [0.2, 0.25) is 0 Å². The van der Waals surface area contributed by atoms with Gasteiger partial charge in [-0.3, -0.25) is 13.9 Å². The third-order valence-corrected chi connectivity index (χ3v) is 8.42. The van der Waals surface area contributed by atoms with Gasteiger partial charge in [-0.15, -0.1) is 11.6 Å². The number of hydrogen-bond donors (Lipinski definition) is 2. The number of halogens is 2. The number of ether oxygens (including phenoxy) is 2. The quantitative estimate of drug-likeness (QED) is 0.175. The first kappa shape index (κ1) is 31.1. The van der Waals surface area contributed by atoms with Crippen LogP contribution in [-0.2, 0) is 23.4 Å². The number of alkyl halides is 2. The molecule has 0 spiro atoms. The molecule has 224 valence electrons. The number of carbonyl (C=O) groups excluding carboxylic acids is 1. The van der Waals surface area contributed by atoms with Gasteiger partial charge in [0.2, 0.25) is 0 Å². The lowest BCUT2D eigenvalue weighted by Gasteiger charge is -2.31. The zero-order chi connectivity index (χ0) is 29.9. The predicted octanol–water partition coefficient (Wildman–Crippen LogP) is 3.15. The number of aliphatic hydroxyl groups excluding tert-OH is 1. The lowest BCUT2D eigenvalue weighted by molar-refractivity contribution is -0.144. The maximum atomic E-state index is 15.7. The van der Waals surface area contributed by atoms with Crippen LogP contribution in [0.5, 0.6) is 5.75 Å². The van der Waals surface area contributed by atoms with Crippen molar-refractivity contribution in [1.29, 1.82) is 0 Å². The van der Waals surface area contributed by atoms with Gasteiger partial charge in [0.1, 0.15) is 29.3 Å². The van der Waals surface area contributed by atoms with Crippen LogP contribution >= 0.6 is 19.3 Å². The summed E-state index contributed by atoms with van der Waals surface area (Å²) in [6.45, 7) is 4.18. The van der Waals surface area contributed by atoms with E-state index < -0.39 is 56.3 Å². The molecule has 0 amide bonds. The van der Waals surface area contributed by atoms with Crippen LogP contribution < -0.4 is 14.5 Å². The average Bonchev–Trinajstić information content (AvgIpc) is 3.46. The van der Waals surface area contributed by atoms with E-state index in [9.17, 15) is 14.5 Å². The summed E-state index contributed by atoms with van der Waals surface area (Å²) in [5, 5.41) is 13.5. The zero-order valence-corrected chi connectivity index (χ0v) is 24.9. The Morgan fingerprint density at radius 1 is 1.34 bits per heavy atom. The molecule has 6 atom stereocenters. The Labute approximate surface area is 241 Å². The number of imidazole rings is 1. The molecule has 4 rings (SSSR count). The number of esters is 1. The minimum Gasteiger partial charge on any atom is -0.465 e. The Hall–Kier alpha value is -2.87. The number of aromatic nitrogens is 4. The third-order valence-electron chi connectivity index (χ3n) is 6.35. The molecule has 1 aliphatic heterocycles. The number of rotatable bonds is 12. The monoisotopic (exact) mass is 614 g/mol. The Balaban J connectivity index is 1.62. The highest BCUT2D eigenvalue weighted by molar-refractivity contribution is 7.52. The number of anilines is 1. The Morgan fingerprint density at radius 2 is 2.05 bits per heavy atom. The molecule has 3 aromatic rings. The summed E-state index contributed by atoms with van der Waals surface area (Å²) in [6, 6.07) is 7.01. The van der Waals surface area contributed by atoms with Crippen molar-refractivity contribution in [3.05, 3.63) is 42.5 Å². The van der Waals surface area contributed by atoms with Crippen molar-refractivity contribution in [2.24, 2.45) is 0 Å². The third kappa shape index (κ3) is 6.47. The van der Waals surface area contributed by atoms with E-state index in [2.05, 4.69) is 20.0 Å². The van der Waals surface area contributed by atoms with Crippen molar-refractivity contribution in [2.45, 2.75) is 50.9 Å². The predicted molar refractivity (Wildman–Crippen MR) is 149 cm³/mol. The number of para-hydroxylation sites is 1. The molecule has 0 saturated carbocycles. The minimum absolute atomic E-state index is 0.105. The number of nitrogens with zero attached hydrogens (tertiary/aromatic N) is 5. The van der Waals surface area contributed by atoms with E-state index in [4.69, 9.17) is 30.1 Å². The highest BCUT2D eigenvalue weighted by Crippen LogP contribution is 2.49. The molecule has 0 bridgehead atoms. The van der Waals surface area contributed by atoms with Crippen molar-refractivity contribution < 1.29 is 37.4 Å². The van der Waals surface area contributed by atoms with Crippen molar-refractivity contribution >= 4 is 42.3 Å². The van der Waals surface area contributed by atoms with Gasteiger partial charge >= 0.3 is 13.7 Å². The van der Waals surface area contributed by atoms with E-state index >= 15 is 4.39 Å². The van der Waals surface area contributed by atoms with Crippen molar-refractivity contribution in [2.75, 3.05) is 38.1 Å². The van der Waals surface area contributed by atoms with Crippen LogP contribution in [-0.4, -0.2) is 87.7 Å². The zero-order valence-electron chi connectivity index (χ0n) is 23.2. The second-order valence-electron chi connectivity index (χ2n) is 9.69. The first-order chi connectivity index (χ1) is 19.4. The molecule has 13 nitrogen and oxygen atoms in total. The van der Waals surface area contributed by atoms with E-state index in [1.165, 1.54) is 30.0 Å². The summed E-state index contributed by atoms with van der Waals surface area (Å²) in [4.78, 5) is 27.1. The van der Waals surface area contributed by atoms with Crippen LogP contribution in [0, 0.1) is 6.92 Å². The first-order valence-corrected chi connectivity index (χ1v) is 14.9. The largest absolute Gasteiger partial charge is 0.465 e. The summed E-state index contributed by atoms with van der Waals surface area (Å²) in [5.74, 6) is -0.0157. The topological polar surface area (TPSA) is 150 Å². The summed E-state index contributed by atoms with van der Waals surface area (Å²) in [7, 11) is -0.764. The fourth-order valence-corrected chi connectivity index (χ4v) is 6.11. The number of aliphatic hydroxyl groups is 1. The highest BCUT2D eigenvalue weighted by Gasteiger charge is 2.57. The van der Waals surface area contributed by atoms with Gasteiger partial charge in [-0.05, 0) is 32.9 Å². The van der Waals surface area contributed by atoms with Crippen LogP contribution in [0.3, 0.4) is 0 Å². The molecule has 0 radical (unpaired) electrons. The molecule has 1 saturated heterocycles. The number of nitrogens with one attached hydrogen (secondary N) is 1. The fourth-order valence-electron chi connectivity index (χ4n) is 4.27. The molecule has 41 heavy (non-hydrogen) atoms. The van der Waals surface area contributed by atoms with Crippen LogP contribution in [0.1, 0.15) is 25.9 Å². The standard InChI is InChI=1S/C25H33ClFN6O7P/c1-6-37-24(35)15(2)31-41(36,40-17-10-8-7-9-11-17)38-13-25(12-26)20(34)18(27)23(39-25)33-14-28-19-21(32(4)5)29-16(3)30-22(19)33/h7-11,14-15,18,20,23,34H,6,12-13H2,1-5H3,(H,31,36)/t15-,18+,20+,23-,25-,41-/m1/s1. The molecule has 2 aromatic heterocycles. The second-order valence-corrected chi connectivity index (χ2v) is 11.6. The molecule has 16 heteroatoms. The van der Waals surface area contributed by atoms with Gasteiger partial charge in [0.25, 0.3) is 0 Å². The molecule has 1 fully saturated rings. The molecule has 1 aromatic carbocycles. The fraction of sp³-hybridized carbons (Fsp3) is 0.520. The second kappa shape index (κ2) is 12.6. The Kier molecular flexibility index (Phi) is 9.52. The van der Waals surface area contributed by atoms with E-state index in [1.54, 1.807) is 51.0 Å². The van der Waals surface area contributed by atoms with Crippen LogP contribution in [0.25, 0.3) is 11.2 Å². The molecule has 0 unspecified atom stereocenters. The van der Waals surface area contributed by atoms with Gasteiger partial charge in [-0.1, -0.05) is 18.2 Å². The Bertz CT molecular complexity index is 1420. The molecule has 1 aliphatic rings. The molecule has 3 heterocycles. The number of aryl methyl sites for hydroxylation is 1. The molecule has 2 N–H and O–H groups in total. The molecule has 0 aliphatic carbocycles. The summed E-state index contributed by atoms with van der Waals surface area (Å²) >= 11 is 6.23. The maximum absolute atomic E-state index is 15.7. The average molecular weight is 615 g/mol. The molecular formula is C25H33ClFN6O7P. The van der Waals surface area contributed by atoms with Crippen molar-refractivity contribution in [1.82, 2.24) is 24.6 Å². The van der Waals surface area contributed by atoms with E-state index in [0.717, 1.165) is 0 Å². The lowest BCUT2D eigenvalue weighted by Crippen LogP contribution is -2.48. The van der Waals surface area contributed by atoms with Gasteiger partial charge in [-0.25, -0.2) is 23.9 Å². The van der Waals surface area contributed by atoms with Crippen molar-refractivity contribution in [3.63, 3.8) is 0 Å². The summed E-state index contributed by atoms with van der Waals surface area (Å²) in [6.07, 6.45) is -3.85. The summed E-state index contributed by atoms with van der Waals surface area (Å²) < 4.78 is 53.2. The number of carbonyl (C=O) groups is 1. The maximum Gasteiger partial charge on any atom is 0.459 e. The van der Waals surface area contributed by atoms with Crippen LogP contribution in [0.15, 0.2) is 36.7 Å². The van der Waals surface area contributed by atoms with Gasteiger partial charge in [0.15, 0.2) is 29.4 Å². The normalized spacial score (nSPS) is 24.6. The Morgan fingerprint density at radius 3 is 2.68 bits per heavy atom. The van der Waals surface area contributed by atoms with Gasteiger partial charge in [0, 0.05) is 14.1 Å². The first-order valence-electron chi connectivity index (χ1n) is 12.8. The SMILES string of the molecule is CCOC(=O)[C@@H](C)N[P@@](=O)(OC[C@@]1(CCl)O[C@@H](n2cnc3c(N(C)C)nc(C)nc32)[C@@H](F)[C@@H]1O)Oc1ccccc1.